The Hall–Kier alpha value is -3.22. The molecule has 2 aromatic carbocycles. The molecule has 0 atom stereocenters. The van der Waals surface area contributed by atoms with Crippen molar-refractivity contribution in [1.82, 2.24) is 25.1 Å². The third kappa shape index (κ3) is 2.73. The molecule has 0 amide bonds. The van der Waals surface area contributed by atoms with Gasteiger partial charge in [-0.15, -0.1) is 5.10 Å². The second-order valence-electron chi connectivity index (χ2n) is 5.46. The average molecular weight is 335 g/mol. The standard InChI is InChI=1S/C18H17N5O2/c1-3-23-15-11-12(9-10-14(15)20-22-23)17-19-18(25-21-17)13-7-5-6-8-16(13)24-4-2/h5-11H,3-4H2,1-2H3. The van der Waals surface area contributed by atoms with Crippen LogP contribution in [0.3, 0.4) is 0 Å². The second-order valence-corrected chi connectivity index (χ2v) is 5.46. The number of para-hydroxylation sites is 1. The van der Waals surface area contributed by atoms with Gasteiger partial charge in [-0.25, -0.2) is 4.68 Å². The Bertz CT molecular complexity index is 1020. The Morgan fingerprint density at radius 2 is 2.00 bits per heavy atom. The van der Waals surface area contributed by atoms with Gasteiger partial charge in [0.25, 0.3) is 5.89 Å². The summed E-state index contributed by atoms with van der Waals surface area (Å²) in [6.45, 7) is 5.29. The van der Waals surface area contributed by atoms with Crippen molar-refractivity contribution in [1.29, 1.82) is 0 Å². The fourth-order valence-electron chi connectivity index (χ4n) is 2.71. The van der Waals surface area contributed by atoms with E-state index in [-0.39, 0.29) is 0 Å². The number of nitrogens with zero attached hydrogens (tertiary/aromatic N) is 5. The number of fused-ring (bicyclic) bond motifs is 1. The van der Waals surface area contributed by atoms with Crippen LogP contribution in [0, 0.1) is 0 Å². The molecular weight excluding hydrogens is 318 g/mol. The van der Waals surface area contributed by atoms with Crippen LogP contribution in [0.25, 0.3) is 33.9 Å². The van der Waals surface area contributed by atoms with E-state index in [1.54, 1.807) is 0 Å². The minimum absolute atomic E-state index is 0.432. The maximum absolute atomic E-state index is 5.64. The van der Waals surface area contributed by atoms with Gasteiger partial charge in [-0.3, -0.25) is 0 Å². The van der Waals surface area contributed by atoms with Gasteiger partial charge in [-0.2, -0.15) is 4.98 Å². The van der Waals surface area contributed by atoms with Gasteiger partial charge in [0.1, 0.15) is 11.3 Å². The molecule has 0 saturated heterocycles. The van der Waals surface area contributed by atoms with Crippen molar-refractivity contribution in [2.24, 2.45) is 0 Å². The topological polar surface area (TPSA) is 78.9 Å². The molecule has 0 radical (unpaired) electrons. The zero-order valence-electron chi connectivity index (χ0n) is 14.0. The van der Waals surface area contributed by atoms with E-state index in [1.165, 1.54) is 0 Å². The summed E-state index contributed by atoms with van der Waals surface area (Å²) in [5.41, 5.74) is 3.43. The lowest BCUT2D eigenvalue weighted by atomic mass is 10.2. The summed E-state index contributed by atoms with van der Waals surface area (Å²) in [6.07, 6.45) is 0. The van der Waals surface area contributed by atoms with Crippen molar-refractivity contribution >= 4 is 11.0 Å². The van der Waals surface area contributed by atoms with Crippen LogP contribution in [-0.2, 0) is 6.54 Å². The molecule has 0 aliphatic rings. The smallest absolute Gasteiger partial charge is 0.262 e. The molecule has 0 spiro atoms. The van der Waals surface area contributed by atoms with Crippen molar-refractivity contribution in [2.75, 3.05) is 6.61 Å². The normalized spacial score (nSPS) is 11.1. The maximum atomic E-state index is 5.64. The van der Waals surface area contributed by atoms with Gasteiger partial charge in [0, 0.05) is 12.1 Å². The summed E-state index contributed by atoms with van der Waals surface area (Å²) in [7, 11) is 0. The fourth-order valence-corrected chi connectivity index (χ4v) is 2.71. The van der Waals surface area contributed by atoms with Crippen LogP contribution in [0.2, 0.25) is 0 Å². The van der Waals surface area contributed by atoms with Crippen LogP contribution in [0.1, 0.15) is 13.8 Å². The van der Waals surface area contributed by atoms with Gasteiger partial charge in [-0.05, 0) is 44.2 Å². The van der Waals surface area contributed by atoms with Gasteiger partial charge in [0.05, 0.1) is 17.7 Å². The number of hydrogen-bond donors (Lipinski definition) is 0. The summed E-state index contributed by atoms with van der Waals surface area (Å²) in [5, 5.41) is 12.4. The van der Waals surface area contributed by atoms with E-state index in [9.17, 15) is 0 Å². The lowest BCUT2D eigenvalue weighted by Crippen LogP contribution is -1.96. The highest BCUT2D eigenvalue weighted by molar-refractivity contribution is 5.80. The predicted molar refractivity (Wildman–Crippen MR) is 93.1 cm³/mol. The van der Waals surface area contributed by atoms with Gasteiger partial charge in [-0.1, -0.05) is 22.5 Å². The Morgan fingerprint density at radius 1 is 1.12 bits per heavy atom. The van der Waals surface area contributed by atoms with Gasteiger partial charge >= 0.3 is 0 Å². The Labute approximate surface area is 144 Å². The highest BCUT2D eigenvalue weighted by Crippen LogP contribution is 2.30. The first-order chi connectivity index (χ1) is 12.3. The van der Waals surface area contributed by atoms with Crippen LogP contribution in [0.5, 0.6) is 5.75 Å². The van der Waals surface area contributed by atoms with Crippen molar-refractivity contribution in [2.45, 2.75) is 20.4 Å². The first kappa shape index (κ1) is 15.3. The number of rotatable bonds is 5. The van der Waals surface area contributed by atoms with Gasteiger partial charge < -0.3 is 9.26 Å². The molecule has 25 heavy (non-hydrogen) atoms. The SMILES string of the molecule is CCOc1ccccc1-c1nc(-c2ccc3nnn(CC)c3c2)no1. The van der Waals surface area contributed by atoms with E-state index in [0.29, 0.717) is 18.3 Å². The van der Waals surface area contributed by atoms with Crippen molar-refractivity contribution in [3.8, 4) is 28.6 Å². The largest absolute Gasteiger partial charge is 0.493 e. The van der Waals surface area contributed by atoms with E-state index in [1.807, 2.05) is 61.0 Å². The van der Waals surface area contributed by atoms with E-state index in [2.05, 4.69) is 20.5 Å². The predicted octanol–water partition coefficient (Wildman–Crippen LogP) is 3.57. The molecule has 0 aliphatic carbocycles. The van der Waals surface area contributed by atoms with Crippen molar-refractivity contribution in [3.05, 3.63) is 42.5 Å². The maximum Gasteiger partial charge on any atom is 0.262 e. The third-order valence-electron chi connectivity index (χ3n) is 3.91. The zero-order chi connectivity index (χ0) is 17.2. The van der Waals surface area contributed by atoms with E-state index < -0.39 is 0 Å². The van der Waals surface area contributed by atoms with Gasteiger partial charge in [0.15, 0.2) is 0 Å². The molecule has 4 aromatic rings. The lowest BCUT2D eigenvalue weighted by Gasteiger charge is -2.05. The molecule has 7 nitrogen and oxygen atoms in total. The van der Waals surface area contributed by atoms with Crippen molar-refractivity contribution < 1.29 is 9.26 Å². The monoisotopic (exact) mass is 335 g/mol. The minimum atomic E-state index is 0.432. The molecule has 126 valence electrons. The van der Waals surface area contributed by atoms with Crippen LogP contribution in [-0.4, -0.2) is 31.7 Å². The Kier molecular flexibility index (Phi) is 3.89. The molecule has 0 fully saturated rings. The van der Waals surface area contributed by atoms with Crippen molar-refractivity contribution in [3.63, 3.8) is 0 Å². The molecule has 2 aromatic heterocycles. The first-order valence-corrected chi connectivity index (χ1v) is 8.19. The van der Waals surface area contributed by atoms with Crippen LogP contribution in [0.15, 0.2) is 47.0 Å². The number of benzene rings is 2. The Balaban J connectivity index is 1.74. The van der Waals surface area contributed by atoms with E-state index in [4.69, 9.17) is 9.26 Å². The lowest BCUT2D eigenvalue weighted by molar-refractivity contribution is 0.339. The van der Waals surface area contributed by atoms with Gasteiger partial charge in [0.2, 0.25) is 5.82 Å². The Morgan fingerprint density at radius 3 is 2.84 bits per heavy atom. The molecule has 4 rings (SSSR count). The highest BCUT2D eigenvalue weighted by atomic mass is 16.5. The summed E-state index contributed by atoms with van der Waals surface area (Å²) < 4.78 is 12.9. The average Bonchev–Trinajstić information content (AvgIpc) is 3.29. The molecule has 0 saturated carbocycles. The highest BCUT2D eigenvalue weighted by Gasteiger charge is 2.15. The summed E-state index contributed by atoms with van der Waals surface area (Å²) in [6, 6.07) is 13.4. The molecule has 0 unspecified atom stereocenters. The van der Waals surface area contributed by atoms with Crippen LogP contribution < -0.4 is 4.74 Å². The zero-order valence-corrected chi connectivity index (χ0v) is 14.0. The quantitative estimate of drug-likeness (QED) is 0.555. The number of aryl methyl sites for hydroxylation is 1. The molecule has 7 heteroatoms. The minimum Gasteiger partial charge on any atom is -0.493 e. The van der Waals surface area contributed by atoms with E-state index >= 15 is 0 Å². The number of aromatic nitrogens is 5. The molecular formula is C18H17N5O2. The van der Waals surface area contributed by atoms with Crippen LogP contribution in [0.4, 0.5) is 0 Å². The summed E-state index contributed by atoms with van der Waals surface area (Å²) >= 11 is 0. The molecule has 0 bridgehead atoms. The molecule has 0 aliphatic heterocycles. The first-order valence-electron chi connectivity index (χ1n) is 8.19. The third-order valence-corrected chi connectivity index (χ3v) is 3.91. The second kappa shape index (κ2) is 6.35. The molecule has 0 N–H and O–H groups in total. The summed E-state index contributed by atoms with van der Waals surface area (Å²) in [5.74, 6) is 1.68. The number of hydrogen-bond acceptors (Lipinski definition) is 6. The number of ether oxygens (including phenoxy) is 1. The summed E-state index contributed by atoms with van der Waals surface area (Å²) in [4.78, 5) is 4.53. The molecule has 2 heterocycles. The fraction of sp³-hybridized carbons (Fsp3) is 0.222. The van der Waals surface area contributed by atoms with E-state index in [0.717, 1.165) is 34.5 Å². The van der Waals surface area contributed by atoms with Crippen LogP contribution >= 0.6 is 0 Å².